The minimum absolute atomic E-state index is 0.0229. The van der Waals surface area contributed by atoms with Crippen LogP contribution in [0.1, 0.15) is 44.7 Å². The summed E-state index contributed by atoms with van der Waals surface area (Å²) in [6, 6.07) is 5.20. The second kappa shape index (κ2) is 7.04. The smallest absolute Gasteiger partial charge is 0.130 e. The Bertz CT molecular complexity index is 438. The van der Waals surface area contributed by atoms with Gasteiger partial charge in [-0.3, -0.25) is 0 Å². The van der Waals surface area contributed by atoms with E-state index in [1.165, 1.54) is 6.07 Å². The molecule has 0 radical (unpaired) electrons. The summed E-state index contributed by atoms with van der Waals surface area (Å²) in [5.41, 5.74) is 1.63. The first-order valence-corrected chi connectivity index (χ1v) is 7.58. The molecule has 1 aliphatic rings. The Morgan fingerprint density at radius 3 is 3.00 bits per heavy atom. The topological polar surface area (TPSA) is 35.5 Å². The van der Waals surface area contributed by atoms with E-state index in [9.17, 15) is 9.50 Å². The van der Waals surface area contributed by atoms with E-state index in [1.807, 2.05) is 13.0 Å². The summed E-state index contributed by atoms with van der Waals surface area (Å²) in [6.07, 6.45) is 2.51. The molecule has 2 atom stereocenters. The van der Waals surface area contributed by atoms with Gasteiger partial charge < -0.3 is 15.3 Å². The third kappa shape index (κ3) is 3.49. The highest BCUT2D eigenvalue weighted by atomic mass is 19.1. The first-order valence-electron chi connectivity index (χ1n) is 7.58. The van der Waals surface area contributed by atoms with Crippen molar-refractivity contribution in [2.45, 2.75) is 45.3 Å². The number of halogens is 1. The molecule has 0 amide bonds. The lowest BCUT2D eigenvalue weighted by molar-refractivity contribution is 0.154. The predicted octanol–water partition coefficient (Wildman–Crippen LogP) is 2.85. The number of β-amino-alcohol motifs (C(OH)–C–C–N with tert-alkyl or cyclic N) is 1. The van der Waals surface area contributed by atoms with E-state index in [0.29, 0.717) is 6.54 Å². The quantitative estimate of drug-likeness (QED) is 0.870. The van der Waals surface area contributed by atoms with E-state index in [2.05, 4.69) is 17.1 Å². The van der Waals surface area contributed by atoms with Gasteiger partial charge >= 0.3 is 0 Å². The van der Waals surface area contributed by atoms with E-state index in [-0.39, 0.29) is 18.0 Å². The number of anilines is 1. The summed E-state index contributed by atoms with van der Waals surface area (Å²) in [7, 11) is 0. The Hall–Kier alpha value is -1.13. The third-order valence-electron chi connectivity index (χ3n) is 3.90. The number of piperidine rings is 1. The highest BCUT2D eigenvalue weighted by Crippen LogP contribution is 2.31. The van der Waals surface area contributed by atoms with Gasteiger partial charge in [0.05, 0.1) is 6.10 Å². The number of aliphatic hydroxyl groups excluding tert-OH is 1. The maximum atomic E-state index is 14.3. The van der Waals surface area contributed by atoms with Crippen LogP contribution in [0.2, 0.25) is 0 Å². The van der Waals surface area contributed by atoms with E-state index in [1.54, 1.807) is 6.07 Å². The third-order valence-corrected chi connectivity index (χ3v) is 3.90. The summed E-state index contributed by atoms with van der Waals surface area (Å²) in [5, 5.41) is 13.2. The van der Waals surface area contributed by atoms with Crippen LogP contribution in [0.3, 0.4) is 0 Å². The molecule has 0 bridgehead atoms. The molecule has 3 nitrogen and oxygen atoms in total. The standard InChI is InChI=1S/C16H25FN2O/c1-3-9-18-12(2)16-14(17)7-4-8-15(16)19-10-5-6-13(20)11-19/h4,7-8,12-13,18,20H,3,5-6,9-11H2,1-2H3. The molecular formula is C16H25FN2O. The maximum absolute atomic E-state index is 14.3. The van der Waals surface area contributed by atoms with Crippen LogP contribution in [0.4, 0.5) is 10.1 Å². The van der Waals surface area contributed by atoms with E-state index >= 15 is 0 Å². The Morgan fingerprint density at radius 1 is 1.50 bits per heavy atom. The van der Waals surface area contributed by atoms with Crippen molar-refractivity contribution in [3.63, 3.8) is 0 Å². The van der Waals surface area contributed by atoms with Crippen LogP contribution in [0, 0.1) is 5.82 Å². The van der Waals surface area contributed by atoms with Crippen LogP contribution in [0.5, 0.6) is 0 Å². The summed E-state index contributed by atoms with van der Waals surface area (Å²) in [5.74, 6) is -0.168. The van der Waals surface area contributed by atoms with Crippen molar-refractivity contribution in [3.8, 4) is 0 Å². The molecule has 20 heavy (non-hydrogen) atoms. The average molecular weight is 280 g/mol. The van der Waals surface area contributed by atoms with Crippen molar-refractivity contribution < 1.29 is 9.50 Å². The number of nitrogens with zero attached hydrogens (tertiary/aromatic N) is 1. The van der Waals surface area contributed by atoms with Crippen molar-refractivity contribution in [1.82, 2.24) is 5.32 Å². The molecule has 0 aromatic heterocycles. The Labute approximate surface area is 120 Å². The summed E-state index contributed by atoms with van der Waals surface area (Å²) >= 11 is 0. The van der Waals surface area contributed by atoms with Gasteiger partial charge in [-0.1, -0.05) is 13.0 Å². The zero-order chi connectivity index (χ0) is 14.5. The van der Waals surface area contributed by atoms with Gasteiger partial charge in [-0.05, 0) is 44.9 Å². The van der Waals surface area contributed by atoms with Crippen molar-refractivity contribution in [2.75, 3.05) is 24.5 Å². The van der Waals surface area contributed by atoms with Gasteiger partial charge in [0.15, 0.2) is 0 Å². The van der Waals surface area contributed by atoms with Gasteiger partial charge in [0.2, 0.25) is 0 Å². The normalized spacial score (nSPS) is 21.0. The van der Waals surface area contributed by atoms with Crippen molar-refractivity contribution in [3.05, 3.63) is 29.6 Å². The Kier molecular flexibility index (Phi) is 5.38. The number of rotatable bonds is 5. The first-order chi connectivity index (χ1) is 9.63. The zero-order valence-corrected chi connectivity index (χ0v) is 12.4. The van der Waals surface area contributed by atoms with E-state index in [4.69, 9.17) is 0 Å². The largest absolute Gasteiger partial charge is 0.391 e. The van der Waals surface area contributed by atoms with Gasteiger partial charge in [0.1, 0.15) is 5.82 Å². The second-order valence-corrected chi connectivity index (χ2v) is 5.59. The SMILES string of the molecule is CCCNC(C)c1c(F)cccc1N1CCCC(O)C1. The van der Waals surface area contributed by atoms with Crippen LogP contribution >= 0.6 is 0 Å². The molecule has 2 N–H and O–H groups in total. The van der Waals surface area contributed by atoms with Crippen LogP contribution in [0.15, 0.2) is 18.2 Å². The molecule has 0 spiro atoms. The van der Waals surface area contributed by atoms with Gasteiger partial charge in [0, 0.05) is 30.4 Å². The lowest BCUT2D eigenvalue weighted by atomic mass is 10.0. The number of hydrogen-bond donors (Lipinski definition) is 2. The highest BCUT2D eigenvalue weighted by Gasteiger charge is 2.23. The van der Waals surface area contributed by atoms with E-state index in [0.717, 1.165) is 43.6 Å². The zero-order valence-electron chi connectivity index (χ0n) is 12.4. The molecule has 1 heterocycles. The van der Waals surface area contributed by atoms with Crippen LogP contribution < -0.4 is 10.2 Å². The Balaban J connectivity index is 2.25. The molecule has 0 aliphatic carbocycles. The Morgan fingerprint density at radius 2 is 2.30 bits per heavy atom. The molecule has 1 aromatic rings. The van der Waals surface area contributed by atoms with Gasteiger partial charge in [-0.2, -0.15) is 0 Å². The van der Waals surface area contributed by atoms with Gasteiger partial charge in [0.25, 0.3) is 0 Å². The summed E-state index contributed by atoms with van der Waals surface area (Å²) in [4.78, 5) is 2.11. The van der Waals surface area contributed by atoms with Crippen LogP contribution in [-0.4, -0.2) is 30.8 Å². The van der Waals surface area contributed by atoms with Crippen molar-refractivity contribution in [2.24, 2.45) is 0 Å². The highest BCUT2D eigenvalue weighted by molar-refractivity contribution is 5.56. The average Bonchev–Trinajstić information content (AvgIpc) is 2.44. The molecule has 1 fully saturated rings. The van der Waals surface area contributed by atoms with Crippen LogP contribution in [0.25, 0.3) is 0 Å². The number of nitrogens with one attached hydrogen (secondary N) is 1. The van der Waals surface area contributed by atoms with E-state index < -0.39 is 0 Å². The minimum atomic E-state index is -0.307. The van der Waals surface area contributed by atoms with Crippen LogP contribution in [-0.2, 0) is 0 Å². The molecule has 112 valence electrons. The summed E-state index contributed by atoms with van der Waals surface area (Å²) in [6.45, 7) is 6.45. The number of hydrogen-bond acceptors (Lipinski definition) is 3. The molecular weight excluding hydrogens is 255 g/mol. The molecule has 1 aliphatic heterocycles. The maximum Gasteiger partial charge on any atom is 0.130 e. The molecule has 2 unspecified atom stereocenters. The number of benzene rings is 1. The molecule has 1 aromatic carbocycles. The first kappa shape index (κ1) is 15.3. The predicted molar refractivity (Wildman–Crippen MR) is 80.6 cm³/mol. The molecule has 1 saturated heterocycles. The molecule has 0 saturated carbocycles. The van der Waals surface area contributed by atoms with Crippen molar-refractivity contribution in [1.29, 1.82) is 0 Å². The van der Waals surface area contributed by atoms with Gasteiger partial charge in [-0.15, -0.1) is 0 Å². The lowest BCUT2D eigenvalue weighted by Gasteiger charge is -2.34. The molecule has 4 heteroatoms. The fourth-order valence-corrected chi connectivity index (χ4v) is 2.87. The van der Waals surface area contributed by atoms with Gasteiger partial charge in [-0.25, -0.2) is 4.39 Å². The fraction of sp³-hybridized carbons (Fsp3) is 0.625. The summed E-state index contributed by atoms with van der Waals surface area (Å²) < 4.78 is 14.3. The number of aliphatic hydroxyl groups is 1. The lowest BCUT2D eigenvalue weighted by Crippen LogP contribution is -2.39. The monoisotopic (exact) mass is 280 g/mol. The molecule has 2 rings (SSSR count). The second-order valence-electron chi connectivity index (χ2n) is 5.59. The van der Waals surface area contributed by atoms with Crippen molar-refractivity contribution >= 4 is 5.69 Å². The fourth-order valence-electron chi connectivity index (χ4n) is 2.87. The minimum Gasteiger partial charge on any atom is -0.391 e.